The minimum Gasteiger partial charge on any atom is -0.312 e. The molecule has 1 unspecified atom stereocenters. The summed E-state index contributed by atoms with van der Waals surface area (Å²) in [5.41, 5.74) is 0. The van der Waals surface area contributed by atoms with E-state index in [1.165, 1.54) is 64.7 Å². The molecule has 0 amide bonds. The molecule has 0 radical (unpaired) electrons. The Morgan fingerprint density at radius 2 is 1.82 bits per heavy atom. The lowest BCUT2D eigenvalue weighted by atomic mass is 9.97. The molecular weight excluding hydrogens is 208 g/mol. The molecule has 0 aromatic heterocycles. The lowest BCUT2D eigenvalue weighted by molar-refractivity contribution is 0.216. The highest BCUT2D eigenvalue weighted by atomic mass is 15.1. The van der Waals surface area contributed by atoms with Gasteiger partial charge in [-0.15, -0.1) is 0 Å². The van der Waals surface area contributed by atoms with Crippen molar-refractivity contribution in [1.82, 2.24) is 10.2 Å². The van der Waals surface area contributed by atoms with Crippen LogP contribution >= 0.6 is 0 Å². The van der Waals surface area contributed by atoms with Gasteiger partial charge >= 0.3 is 0 Å². The van der Waals surface area contributed by atoms with Crippen molar-refractivity contribution in [1.29, 1.82) is 0 Å². The van der Waals surface area contributed by atoms with Gasteiger partial charge in [-0.1, -0.05) is 33.6 Å². The number of likely N-dealkylation sites (N-methyl/N-ethyl adjacent to an activating group) is 1. The molecule has 102 valence electrons. The van der Waals surface area contributed by atoms with Gasteiger partial charge in [0.2, 0.25) is 0 Å². The van der Waals surface area contributed by atoms with E-state index >= 15 is 0 Å². The molecule has 0 heterocycles. The highest BCUT2D eigenvalue weighted by molar-refractivity contribution is 4.83. The first-order valence-corrected chi connectivity index (χ1v) is 7.77. The van der Waals surface area contributed by atoms with Gasteiger partial charge in [0.05, 0.1) is 0 Å². The minimum atomic E-state index is 0.740. The average Bonchev–Trinajstić information content (AvgIpc) is 2.86. The van der Waals surface area contributed by atoms with Gasteiger partial charge in [-0.05, 0) is 51.2 Å². The summed E-state index contributed by atoms with van der Waals surface area (Å²) in [5.74, 6) is 0.937. The molecule has 0 aliphatic heterocycles. The predicted octanol–water partition coefficient (Wildman–Crippen LogP) is 3.28. The normalized spacial score (nSPS) is 19.1. The largest absolute Gasteiger partial charge is 0.312 e. The molecule has 1 atom stereocenters. The van der Waals surface area contributed by atoms with Crippen molar-refractivity contribution in [3.8, 4) is 0 Å². The van der Waals surface area contributed by atoms with Crippen molar-refractivity contribution in [3.05, 3.63) is 0 Å². The van der Waals surface area contributed by atoms with Gasteiger partial charge in [0.25, 0.3) is 0 Å². The number of nitrogens with zero attached hydrogens (tertiary/aromatic N) is 1. The van der Waals surface area contributed by atoms with E-state index in [1.807, 2.05) is 0 Å². The van der Waals surface area contributed by atoms with Crippen LogP contribution in [0.5, 0.6) is 0 Å². The number of hydrogen-bond acceptors (Lipinski definition) is 2. The smallest absolute Gasteiger partial charge is 0.0223 e. The van der Waals surface area contributed by atoms with Gasteiger partial charge in [0.15, 0.2) is 0 Å². The van der Waals surface area contributed by atoms with Crippen LogP contribution in [0.1, 0.15) is 59.3 Å². The minimum absolute atomic E-state index is 0.740. The zero-order chi connectivity index (χ0) is 12.5. The van der Waals surface area contributed by atoms with E-state index in [-0.39, 0.29) is 0 Å². The van der Waals surface area contributed by atoms with Crippen molar-refractivity contribution in [2.75, 3.05) is 26.2 Å². The third-order valence-corrected chi connectivity index (χ3v) is 4.07. The van der Waals surface area contributed by atoms with Gasteiger partial charge in [-0.3, -0.25) is 0 Å². The maximum absolute atomic E-state index is 3.79. The first kappa shape index (κ1) is 15.0. The van der Waals surface area contributed by atoms with Crippen molar-refractivity contribution in [2.24, 2.45) is 5.92 Å². The summed E-state index contributed by atoms with van der Waals surface area (Å²) in [6, 6.07) is 0.740. The monoisotopic (exact) mass is 240 g/mol. The molecule has 0 spiro atoms. The Morgan fingerprint density at radius 1 is 1.12 bits per heavy atom. The van der Waals surface area contributed by atoms with E-state index < -0.39 is 0 Å². The highest BCUT2D eigenvalue weighted by Crippen LogP contribution is 2.28. The first-order valence-electron chi connectivity index (χ1n) is 7.77. The molecule has 1 aliphatic rings. The second-order valence-corrected chi connectivity index (χ2v) is 5.50. The Kier molecular flexibility index (Phi) is 7.87. The van der Waals surface area contributed by atoms with Gasteiger partial charge in [-0.25, -0.2) is 0 Å². The fraction of sp³-hybridized carbons (Fsp3) is 1.00. The van der Waals surface area contributed by atoms with Crippen LogP contribution in [0.2, 0.25) is 0 Å². The van der Waals surface area contributed by atoms with Crippen LogP contribution in [0.3, 0.4) is 0 Å². The van der Waals surface area contributed by atoms with E-state index in [4.69, 9.17) is 0 Å². The van der Waals surface area contributed by atoms with Gasteiger partial charge in [0, 0.05) is 12.6 Å². The van der Waals surface area contributed by atoms with Crippen LogP contribution in [0.15, 0.2) is 0 Å². The second kappa shape index (κ2) is 8.93. The van der Waals surface area contributed by atoms with E-state index in [1.54, 1.807) is 0 Å². The molecule has 1 saturated carbocycles. The van der Waals surface area contributed by atoms with Crippen LogP contribution in [-0.4, -0.2) is 37.1 Å². The summed E-state index contributed by atoms with van der Waals surface area (Å²) in [7, 11) is 0. The van der Waals surface area contributed by atoms with Crippen molar-refractivity contribution >= 4 is 0 Å². The maximum Gasteiger partial charge on any atom is 0.0223 e. The van der Waals surface area contributed by atoms with Gasteiger partial charge in [0.1, 0.15) is 0 Å². The maximum atomic E-state index is 3.79. The number of rotatable bonds is 9. The zero-order valence-corrected chi connectivity index (χ0v) is 12.2. The van der Waals surface area contributed by atoms with Gasteiger partial charge in [-0.2, -0.15) is 0 Å². The van der Waals surface area contributed by atoms with Crippen LogP contribution in [0.25, 0.3) is 0 Å². The topological polar surface area (TPSA) is 15.3 Å². The second-order valence-electron chi connectivity index (χ2n) is 5.50. The van der Waals surface area contributed by atoms with E-state index in [9.17, 15) is 0 Å². The lowest BCUT2D eigenvalue weighted by Gasteiger charge is -2.31. The highest BCUT2D eigenvalue weighted by Gasteiger charge is 2.25. The average molecular weight is 240 g/mol. The fourth-order valence-corrected chi connectivity index (χ4v) is 3.04. The summed E-state index contributed by atoms with van der Waals surface area (Å²) in [6.45, 7) is 11.7. The summed E-state index contributed by atoms with van der Waals surface area (Å²) in [5, 5.41) is 3.79. The summed E-state index contributed by atoms with van der Waals surface area (Å²) in [4.78, 5) is 2.62. The number of nitrogens with one attached hydrogen (secondary N) is 1. The third-order valence-electron chi connectivity index (χ3n) is 4.07. The van der Waals surface area contributed by atoms with Crippen LogP contribution in [0.4, 0.5) is 0 Å². The fourth-order valence-electron chi connectivity index (χ4n) is 3.04. The molecule has 0 aromatic rings. The molecule has 0 saturated heterocycles. The van der Waals surface area contributed by atoms with Gasteiger partial charge < -0.3 is 10.2 Å². The van der Waals surface area contributed by atoms with Crippen molar-refractivity contribution < 1.29 is 0 Å². The lowest BCUT2D eigenvalue weighted by Crippen LogP contribution is -2.45. The molecule has 1 rings (SSSR count). The Morgan fingerprint density at radius 3 is 2.35 bits per heavy atom. The summed E-state index contributed by atoms with van der Waals surface area (Å²) in [6.07, 6.45) is 8.34. The van der Waals surface area contributed by atoms with Crippen LogP contribution < -0.4 is 5.32 Å². The molecule has 1 N–H and O–H groups in total. The molecule has 2 heteroatoms. The Bertz CT molecular complexity index is 176. The summed E-state index contributed by atoms with van der Waals surface area (Å²) < 4.78 is 0. The van der Waals surface area contributed by atoms with E-state index in [2.05, 4.69) is 31.0 Å². The van der Waals surface area contributed by atoms with Crippen LogP contribution in [0, 0.1) is 5.92 Å². The van der Waals surface area contributed by atoms with Crippen molar-refractivity contribution in [3.63, 3.8) is 0 Å². The summed E-state index contributed by atoms with van der Waals surface area (Å²) >= 11 is 0. The molecule has 0 bridgehead atoms. The third kappa shape index (κ3) is 5.39. The molecule has 17 heavy (non-hydrogen) atoms. The SMILES string of the molecule is CCCNC(CN(CC)CCC)C1CCCC1. The van der Waals surface area contributed by atoms with Crippen molar-refractivity contribution in [2.45, 2.75) is 65.3 Å². The standard InChI is InChI=1S/C15H32N2/c1-4-11-16-15(14-9-7-8-10-14)13-17(6-3)12-5-2/h14-16H,4-13H2,1-3H3. The van der Waals surface area contributed by atoms with E-state index in [0.717, 1.165) is 12.0 Å². The van der Waals surface area contributed by atoms with E-state index in [0.29, 0.717) is 0 Å². The molecule has 1 aliphatic carbocycles. The zero-order valence-electron chi connectivity index (χ0n) is 12.2. The Labute approximate surface area is 108 Å². The quantitative estimate of drug-likeness (QED) is 0.665. The molecule has 1 fully saturated rings. The molecule has 0 aromatic carbocycles. The predicted molar refractivity (Wildman–Crippen MR) is 76.4 cm³/mol. The molecular formula is C15H32N2. The Hall–Kier alpha value is -0.0800. The van der Waals surface area contributed by atoms with Crippen LogP contribution in [-0.2, 0) is 0 Å². The first-order chi connectivity index (χ1) is 8.31. The molecule has 2 nitrogen and oxygen atoms in total. The Balaban J connectivity index is 2.42. The number of hydrogen-bond donors (Lipinski definition) is 1.